The smallest absolute Gasteiger partial charge is 0.343 e. The Hall–Kier alpha value is -3.88. The van der Waals surface area contributed by atoms with E-state index in [1.807, 2.05) is 0 Å². The maximum Gasteiger partial charge on any atom is 0.343 e. The molecule has 3 rings (SSSR count). The molecule has 0 radical (unpaired) electrons. The van der Waals surface area contributed by atoms with Gasteiger partial charge in [-0.2, -0.15) is 5.10 Å². The Bertz CT molecular complexity index is 1220. The summed E-state index contributed by atoms with van der Waals surface area (Å²) in [6.45, 7) is 0. The van der Waals surface area contributed by atoms with Gasteiger partial charge in [-0.3, -0.25) is 9.59 Å². The second-order valence-corrected chi connectivity index (χ2v) is 7.26. The van der Waals surface area contributed by atoms with Crippen LogP contribution in [0, 0.1) is 0 Å². The molecule has 33 heavy (non-hydrogen) atoms. The molecule has 0 unspecified atom stereocenters. The van der Waals surface area contributed by atoms with E-state index in [-0.39, 0.29) is 16.5 Å². The van der Waals surface area contributed by atoms with Gasteiger partial charge in [0.2, 0.25) is 0 Å². The molecule has 0 aromatic heterocycles. The third-order valence-electron chi connectivity index (χ3n) is 4.16. The third kappa shape index (κ3) is 6.55. The average Bonchev–Trinajstić information content (AvgIpc) is 2.82. The Kier molecular flexibility index (Phi) is 8.01. The molecule has 0 aliphatic heterocycles. The zero-order chi connectivity index (χ0) is 23.8. The predicted molar refractivity (Wildman–Crippen MR) is 125 cm³/mol. The first kappa shape index (κ1) is 23.8. The highest BCUT2D eigenvalue weighted by atomic mass is 35.5. The molecular formula is C23H17Cl2N3O5. The SMILES string of the molecule is COc1cc(/C=N\NC(=O)C(=O)Nc2ccc(Cl)c(Cl)c2)ccc1OC(=O)c1ccccc1. The minimum Gasteiger partial charge on any atom is -0.493 e. The van der Waals surface area contributed by atoms with Crippen molar-refractivity contribution >= 4 is 52.9 Å². The van der Waals surface area contributed by atoms with Crippen LogP contribution in [0.3, 0.4) is 0 Å². The molecule has 2 amide bonds. The molecule has 0 fully saturated rings. The number of methoxy groups -OCH3 is 1. The summed E-state index contributed by atoms with van der Waals surface area (Å²) in [7, 11) is 1.42. The standard InChI is InChI=1S/C23H17Cl2N3O5/c1-32-20-11-14(7-10-19(20)33-23(31)15-5-3-2-4-6-15)13-26-28-22(30)21(29)27-16-8-9-17(24)18(25)12-16/h2-13H,1H3,(H,27,29)(H,28,30)/b26-13-. The Balaban J connectivity index is 1.60. The van der Waals surface area contributed by atoms with Crippen LogP contribution in [0.25, 0.3) is 0 Å². The van der Waals surface area contributed by atoms with Gasteiger partial charge in [-0.05, 0) is 54.1 Å². The lowest BCUT2D eigenvalue weighted by molar-refractivity contribution is -0.136. The molecule has 8 nitrogen and oxygen atoms in total. The summed E-state index contributed by atoms with van der Waals surface area (Å²) < 4.78 is 10.6. The van der Waals surface area contributed by atoms with E-state index in [9.17, 15) is 14.4 Å². The van der Waals surface area contributed by atoms with Crippen LogP contribution in [0.2, 0.25) is 10.0 Å². The number of benzene rings is 3. The first-order valence-electron chi connectivity index (χ1n) is 9.42. The maximum atomic E-state index is 12.2. The molecule has 0 atom stereocenters. The highest BCUT2D eigenvalue weighted by Crippen LogP contribution is 2.28. The number of carbonyl (C=O) groups is 3. The van der Waals surface area contributed by atoms with E-state index in [1.165, 1.54) is 37.6 Å². The molecule has 3 aromatic carbocycles. The number of nitrogens with zero attached hydrogens (tertiary/aromatic N) is 1. The van der Waals surface area contributed by atoms with Gasteiger partial charge in [-0.1, -0.05) is 41.4 Å². The highest BCUT2D eigenvalue weighted by Gasteiger charge is 2.14. The zero-order valence-corrected chi connectivity index (χ0v) is 18.7. The molecular weight excluding hydrogens is 469 g/mol. The summed E-state index contributed by atoms with van der Waals surface area (Å²) in [5.74, 6) is -1.96. The monoisotopic (exact) mass is 485 g/mol. The normalized spacial score (nSPS) is 10.5. The number of hydrogen-bond acceptors (Lipinski definition) is 6. The van der Waals surface area contributed by atoms with Crippen molar-refractivity contribution in [3.05, 3.63) is 87.9 Å². The lowest BCUT2D eigenvalue weighted by atomic mass is 10.2. The second kappa shape index (κ2) is 11.1. The summed E-state index contributed by atoms with van der Waals surface area (Å²) in [4.78, 5) is 36.2. The van der Waals surface area contributed by atoms with Crippen molar-refractivity contribution in [3.8, 4) is 11.5 Å². The van der Waals surface area contributed by atoms with Gasteiger partial charge in [0, 0.05) is 5.69 Å². The second-order valence-electron chi connectivity index (χ2n) is 6.45. The van der Waals surface area contributed by atoms with E-state index in [4.69, 9.17) is 32.7 Å². The number of rotatable bonds is 6. The summed E-state index contributed by atoms with van der Waals surface area (Å²) in [5, 5.41) is 6.69. The number of ether oxygens (including phenoxy) is 2. The van der Waals surface area contributed by atoms with Gasteiger partial charge in [-0.15, -0.1) is 0 Å². The minimum atomic E-state index is -0.988. The van der Waals surface area contributed by atoms with E-state index in [2.05, 4.69) is 15.8 Å². The Labute approximate surface area is 199 Å². The lowest BCUT2D eigenvalue weighted by Gasteiger charge is -2.10. The van der Waals surface area contributed by atoms with Gasteiger partial charge in [-0.25, -0.2) is 10.2 Å². The number of esters is 1. The average molecular weight is 486 g/mol. The molecule has 0 bridgehead atoms. The van der Waals surface area contributed by atoms with Crippen LogP contribution in [0.4, 0.5) is 5.69 Å². The van der Waals surface area contributed by atoms with E-state index < -0.39 is 17.8 Å². The van der Waals surface area contributed by atoms with Crippen molar-refractivity contribution in [1.29, 1.82) is 0 Å². The topological polar surface area (TPSA) is 106 Å². The largest absolute Gasteiger partial charge is 0.493 e. The number of amides is 2. The fraction of sp³-hybridized carbons (Fsp3) is 0.0435. The molecule has 0 aliphatic carbocycles. The number of anilines is 1. The number of hydrazone groups is 1. The van der Waals surface area contributed by atoms with Crippen molar-refractivity contribution in [2.75, 3.05) is 12.4 Å². The first-order valence-corrected chi connectivity index (χ1v) is 10.2. The van der Waals surface area contributed by atoms with Crippen LogP contribution >= 0.6 is 23.2 Å². The predicted octanol–water partition coefficient (Wildman–Crippen LogP) is 4.31. The van der Waals surface area contributed by atoms with Crippen molar-refractivity contribution in [2.45, 2.75) is 0 Å². The summed E-state index contributed by atoms with van der Waals surface area (Å²) >= 11 is 11.7. The fourth-order valence-electron chi connectivity index (χ4n) is 2.56. The highest BCUT2D eigenvalue weighted by molar-refractivity contribution is 6.43. The molecule has 0 saturated heterocycles. The van der Waals surface area contributed by atoms with Crippen LogP contribution in [0.5, 0.6) is 11.5 Å². The van der Waals surface area contributed by atoms with Gasteiger partial charge in [0.1, 0.15) is 0 Å². The van der Waals surface area contributed by atoms with Crippen LogP contribution in [0.1, 0.15) is 15.9 Å². The van der Waals surface area contributed by atoms with E-state index in [1.54, 1.807) is 42.5 Å². The third-order valence-corrected chi connectivity index (χ3v) is 4.90. The minimum absolute atomic E-state index is 0.216. The van der Waals surface area contributed by atoms with Crippen molar-refractivity contribution in [2.24, 2.45) is 5.10 Å². The van der Waals surface area contributed by atoms with Gasteiger partial charge < -0.3 is 14.8 Å². The molecule has 2 N–H and O–H groups in total. The maximum absolute atomic E-state index is 12.2. The van der Waals surface area contributed by atoms with Crippen molar-refractivity contribution < 1.29 is 23.9 Å². The molecule has 3 aromatic rings. The fourth-order valence-corrected chi connectivity index (χ4v) is 2.86. The Morgan fingerprint density at radius 2 is 1.64 bits per heavy atom. The molecule has 168 valence electrons. The number of carbonyl (C=O) groups excluding carboxylic acids is 3. The van der Waals surface area contributed by atoms with E-state index in [0.717, 1.165) is 0 Å². The van der Waals surface area contributed by atoms with Gasteiger partial charge in [0.15, 0.2) is 11.5 Å². The van der Waals surface area contributed by atoms with Crippen molar-refractivity contribution in [3.63, 3.8) is 0 Å². The molecule has 0 saturated carbocycles. The van der Waals surface area contributed by atoms with Crippen molar-refractivity contribution in [1.82, 2.24) is 5.43 Å². The molecule has 0 heterocycles. The van der Waals surface area contributed by atoms with Gasteiger partial charge >= 0.3 is 17.8 Å². The van der Waals surface area contributed by atoms with Gasteiger partial charge in [0.05, 0.1) is 28.9 Å². The summed E-state index contributed by atoms with van der Waals surface area (Å²) in [6.07, 6.45) is 1.30. The van der Waals surface area contributed by atoms with Crippen LogP contribution < -0.4 is 20.2 Å². The summed E-state index contributed by atoms with van der Waals surface area (Å²) in [5.41, 5.74) is 3.34. The number of hydrogen-bond donors (Lipinski definition) is 2. The first-order chi connectivity index (χ1) is 15.9. The molecule has 0 spiro atoms. The van der Waals surface area contributed by atoms with E-state index in [0.29, 0.717) is 21.8 Å². The van der Waals surface area contributed by atoms with Crippen LogP contribution in [-0.2, 0) is 9.59 Å². The molecule has 10 heteroatoms. The van der Waals surface area contributed by atoms with Crippen LogP contribution in [-0.4, -0.2) is 31.1 Å². The van der Waals surface area contributed by atoms with Gasteiger partial charge in [0.25, 0.3) is 0 Å². The number of nitrogens with one attached hydrogen (secondary N) is 2. The van der Waals surface area contributed by atoms with Crippen LogP contribution in [0.15, 0.2) is 71.8 Å². The number of halogens is 2. The Morgan fingerprint density at radius 3 is 2.33 bits per heavy atom. The summed E-state index contributed by atoms with van der Waals surface area (Å²) in [6, 6.07) is 17.6. The lowest BCUT2D eigenvalue weighted by Crippen LogP contribution is -2.32. The zero-order valence-electron chi connectivity index (χ0n) is 17.2. The Morgan fingerprint density at radius 1 is 0.879 bits per heavy atom. The van der Waals surface area contributed by atoms with E-state index >= 15 is 0 Å². The quantitative estimate of drug-likeness (QED) is 0.178. The molecule has 0 aliphatic rings.